The van der Waals surface area contributed by atoms with E-state index in [1.807, 2.05) is 12.2 Å². The van der Waals surface area contributed by atoms with Crippen LogP contribution < -0.4 is 10.6 Å². The first-order chi connectivity index (χ1) is 11.0. The molecule has 8 heteroatoms. The van der Waals surface area contributed by atoms with Gasteiger partial charge in [-0.05, 0) is 26.2 Å². The SMILES string of the molecule is CC1CCCCCCCCC(=O)NC(NC(=O)O)=NCC(=O)O1. The van der Waals surface area contributed by atoms with Crippen molar-refractivity contribution in [2.24, 2.45) is 4.99 Å². The van der Waals surface area contributed by atoms with Gasteiger partial charge in [-0.2, -0.15) is 0 Å². The average molecular weight is 327 g/mol. The van der Waals surface area contributed by atoms with E-state index < -0.39 is 12.1 Å². The van der Waals surface area contributed by atoms with Crippen molar-refractivity contribution in [3.05, 3.63) is 0 Å². The number of nitrogens with zero attached hydrogens (tertiary/aromatic N) is 1. The van der Waals surface area contributed by atoms with E-state index in [2.05, 4.69) is 10.3 Å². The van der Waals surface area contributed by atoms with E-state index in [1.54, 1.807) is 0 Å². The van der Waals surface area contributed by atoms with Crippen LogP contribution in [0.3, 0.4) is 0 Å². The Labute approximate surface area is 135 Å². The average Bonchev–Trinajstić information content (AvgIpc) is 2.46. The van der Waals surface area contributed by atoms with Gasteiger partial charge in [-0.1, -0.05) is 25.7 Å². The normalized spacial score (nSPS) is 22.5. The van der Waals surface area contributed by atoms with Crippen LogP contribution in [0.25, 0.3) is 0 Å². The number of hydrogen-bond donors (Lipinski definition) is 3. The molecule has 1 aliphatic heterocycles. The van der Waals surface area contributed by atoms with Gasteiger partial charge < -0.3 is 9.84 Å². The summed E-state index contributed by atoms with van der Waals surface area (Å²) in [6, 6.07) is 0. The Morgan fingerprint density at radius 1 is 1.22 bits per heavy atom. The first kappa shape index (κ1) is 18.9. The molecule has 1 atom stereocenters. The molecule has 0 aromatic heterocycles. The van der Waals surface area contributed by atoms with Crippen molar-refractivity contribution in [1.29, 1.82) is 0 Å². The number of rotatable bonds is 0. The molecule has 0 aromatic rings. The van der Waals surface area contributed by atoms with Crippen molar-refractivity contribution < 1.29 is 24.2 Å². The first-order valence-electron chi connectivity index (χ1n) is 8.01. The Morgan fingerprint density at radius 3 is 2.57 bits per heavy atom. The van der Waals surface area contributed by atoms with Gasteiger partial charge in [0, 0.05) is 6.42 Å². The van der Waals surface area contributed by atoms with Crippen molar-refractivity contribution in [2.75, 3.05) is 6.54 Å². The van der Waals surface area contributed by atoms with E-state index in [0.29, 0.717) is 6.42 Å². The van der Waals surface area contributed by atoms with E-state index in [1.165, 1.54) is 0 Å². The second-order valence-corrected chi connectivity index (χ2v) is 5.60. The maximum Gasteiger partial charge on any atom is 0.411 e. The van der Waals surface area contributed by atoms with Gasteiger partial charge in [-0.25, -0.2) is 9.79 Å². The number of hydrogen-bond acceptors (Lipinski definition) is 5. The number of amides is 2. The monoisotopic (exact) mass is 327 g/mol. The first-order valence-corrected chi connectivity index (χ1v) is 8.01. The molecular weight excluding hydrogens is 302 g/mol. The molecule has 1 rings (SSSR count). The van der Waals surface area contributed by atoms with Crippen molar-refractivity contribution in [2.45, 2.75) is 64.4 Å². The van der Waals surface area contributed by atoms with Crippen molar-refractivity contribution in [1.82, 2.24) is 10.6 Å². The lowest BCUT2D eigenvalue weighted by molar-refractivity contribution is -0.146. The number of carbonyl (C=O) groups excluding carboxylic acids is 2. The highest BCUT2D eigenvalue weighted by molar-refractivity contribution is 6.03. The van der Waals surface area contributed by atoms with Gasteiger partial charge in [0.15, 0.2) is 0 Å². The molecule has 0 spiro atoms. The summed E-state index contributed by atoms with van der Waals surface area (Å²) in [5.74, 6) is -1.13. The molecule has 0 fully saturated rings. The zero-order valence-electron chi connectivity index (χ0n) is 13.5. The second-order valence-electron chi connectivity index (χ2n) is 5.60. The summed E-state index contributed by atoms with van der Waals surface area (Å²) in [7, 11) is 0. The van der Waals surface area contributed by atoms with Crippen LogP contribution in [0, 0.1) is 0 Å². The Bertz CT molecular complexity index is 450. The summed E-state index contributed by atoms with van der Waals surface area (Å²) in [6.45, 7) is 1.48. The Kier molecular flexibility index (Phi) is 8.71. The highest BCUT2D eigenvalue weighted by Crippen LogP contribution is 2.11. The lowest BCUT2D eigenvalue weighted by atomic mass is 10.1. The number of cyclic esters (lactones) is 1. The van der Waals surface area contributed by atoms with Crippen molar-refractivity contribution >= 4 is 23.9 Å². The lowest BCUT2D eigenvalue weighted by Crippen LogP contribution is -2.43. The summed E-state index contributed by atoms with van der Waals surface area (Å²) in [4.78, 5) is 37.9. The molecule has 0 radical (unpaired) electrons. The standard InChI is InChI=1S/C15H25N3O5/c1-11-8-6-4-2-3-5-7-9-12(19)17-14(18-15(21)22)16-10-13(20)23-11/h11H,2-10H2,1H3,(H,21,22)(H2,16,17,18,19). The molecule has 1 aliphatic rings. The molecule has 1 heterocycles. The van der Waals surface area contributed by atoms with Gasteiger partial charge in [0.1, 0.15) is 6.54 Å². The number of ether oxygens (including phenoxy) is 1. The molecule has 0 aromatic carbocycles. The maximum absolute atomic E-state index is 11.8. The van der Waals surface area contributed by atoms with E-state index in [-0.39, 0.29) is 24.5 Å². The summed E-state index contributed by atoms with van der Waals surface area (Å²) in [6.07, 6.45) is 5.44. The molecular formula is C15H25N3O5. The number of esters is 1. The van der Waals surface area contributed by atoms with E-state index >= 15 is 0 Å². The zero-order valence-corrected chi connectivity index (χ0v) is 13.5. The van der Waals surface area contributed by atoms with Crippen LogP contribution in [0.1, 0.15) is 58.3 Å². The minimum atomic E-state index is -1.36. The predicted molar refractivity (Wildman–Crippen MR) is 84.1 cm³/mol. The topological polar surface area (TPSA) is 117 Å². The number of carboxylic acid groups (broad SMARTS) is 1. The molecule has 8 nitrogen and oxygen atoms in total. The number of aliphatic imine (C=N–C) groups is 1. The van der Waals surface area contributed by atoms with Crippen LogP contribution >= 0.6 is 0 Å². The van der Waals surface area contributed by atoms with Gasteiger partial charge in [-0.3, -0.25) is 20.2 Å². The molecule has 3 N–H and O–H groups in total. The van der Waals surface area contributed by atoms with Crippen LogP contribution in [0.15, 0.2) is 4.99 Å². The van der Waals surface area contributed by atoms with Crippen LogP contribution in [0.4, 0.5) is 4.79 Å². The second kappa shape index (κ2) is 10.6. The smallest absolute Gasteiger partial charge is 0.411 e. The number of carbonyl (C=O) groups is 3. The number of guanidine groups is 1. The fourth-order valence-corrected chi connectivity index (χ4v) is 2.29. The Balaban J connectivity index is 2.68. The highest BCUT2D eigenvalue weighted by atomic mass is 16.5. The zero-order chi connectivity index (χ0) is 17.1. The molecule has 23 heavy (non-hydrogen) atoms. The van der Waals surface area contributed by atoms with Gasteiger partial charge in [0.2, 0.25) is 11.9 Å². The maximum atomic E-state index is 11.8. The molecule has 0 aliphatic carbocycles. The van der Waals surface area contributed by atoms with E-state index in [0.717, 1.165) is 44.9 Å². The van der Waals surface area contributed by atoms with Crippen LogP contribution in [-0.4, -0.2) is 41.7 Å². The minimum Gasteiger partial charge on any atom is -0.465 e. The molecule has 0 saturated heterocycles. The quantitative estimate of drug-likeness (QED) is 0.586. The Hall–Kier alpha value is -2.12. The third kappa shape index (κ3) is 9.49. The Morgan fingerprint density at radius 2 is 1.87 bits per heavy atom. The summed E-state index contributed by atoms with van der Waals surface area (Å²) < 4.78 is 5.20. The molecule has 0 saturated carbocycles. The van der Waals surface area contributed by atoms with Gasteiger partial charge in [-0.15, -0.1) is 0 Å². The predicted octanol–water partition coefficient (Wildman–Crippen LogP) is 1.79. The summed E-state index contributed by atoms with van der Waals surface area (Å²) in [5.41, 5.74) is 0. The van der Waals surface area contributed by atoms with Crippen LogP contribution in [0.5, 0.6) is 0 Å². The minimum absolute atomic E-state index is 0.198. The largest absolute Gasteiger partial charge is 0.465 e. The molecule has 2 amide bonds. The van der Waals surface area contributed by atoms with Gasteiger partial charge in [0.25, 0.3) is 0 Å². The third-order valence-electron chi connectivity index (χ3n) is 3.45. The van der Waals surface area contributed by atoms with Gasteiger partial charge >= 0.3 is 12.1 Å². The fraction of sp³-hybridized carbons (Fsp3) is 0.733. The fourth-order valence-electron chi connectivity index (χ4n) is 2.29. The van der Waals surface area contributed by atoms with Crippen molar-refractivity contribution in [3.8, 4) is 0 Å². The van der Waals surface area contributed by atoms with Crippen LogP contribution in [-0.2, 0) is 14.3 Å². The van der Waals surface area contributed by atoms with E-state index in [9.17, 15) is 14.4 Å². The summed E-state index contributed by atoms with van der Waals surface area (Å²) >= 11 is 0. The third-order valence-corrected chi connectivity index (χ3v) is 3.45. The van der Waals surface area contributed by atoms with E-state index in [4.69, 9.17) is 9.84 Å². The van der Waals surface area contributed by atoms with Crippen LogP contribution in [0.2, 0.25) is 0 Å². The lowest BCUT2D eigenvalue weighted by Gasteiger charge is -2.13. The molecule has 0 bridgehead atoms. The van der Waals surface area contributed by atoms with Crippen molar-refractivity contribution in [3.63, 3.8) is 0 Å². The van der Waals surface area contributed by atoms with Gasteiger partial charge in [0.05, 0.1) is 6.10 Å². The summed E-state index contributed by atoms with van der Waals surface area (Å²) in [5, 5.41) is 13.1. The molecule has 1 unspecified atom stereocenters. The molecule has 130 valence electrons. The highest BCUT2D eigenvalue weighted by Gasteiger charge is 2.13. The number of nitrogens with one attached hydrogen (secondary N) is 2.